The average Bonchev–Trinajstić information content (AvgIpc) is 2.26. The zero-order valence-electron chi connectivity index (χ0n) is 9.36. The molecule has 1 atom stereocenters. The topological polar surface area (TPSA) is 46.5 Å². The van der Waals surface area contributed by atoms with Gasteiger partial charge >= 0.3 is 64.3 Å². The number of esters is 1. The number of carbonyl (C=O) groups excluding carboxylic acids is 1. The van der Waals surface area contributed by atoms with Gasteiger partial charge in [-0.05, 0) is 5.56 Å². The van der Waals surface area contributed by atoms with Crippen molar-refractivity contribution in [3.05, 3.63) is 29.8 Å². The third-order valence-corrected chi connectivity index (χ3v) is 2.03. The van der Waals surface area contributed by atoms with E-state index in [-0.39, 0.29) is 56.9 Å². The van der Waals surface area contributed by atoms with Crippen LogP contribution in [-0.4, -0.2) is 25.2 Å². The number of benzene rings is 1. The van der Waals surface area contributed by atoms with E-state index in [0.29, 0.717) is 0 Å². The Kier molecular flexibility index (Phi) is 6.97. The van der Waals surface area contributed by atoms with Gasteiger partial charge in [-0.25, -0.2) is 4.79 Å². The van der Waals surface area contributed by atoms with Crippen LogP contribution >= 0.6 is 0 Å². The van der Waals surface area contributed by atoms with Crippen LogP contribution in [0.5, 0.6) is 0 Å². The predicted molar refractivity (Wildman–Crippen MR) is 52.1 cm³/mol. The second-order valence-electron chi connectivity index (χ2n) is 3.17. The first-order chi connectivity index (χ1) is 7.36. The molecule has 1 aromatic rings. The first kappa shape index (κ1) is 17.1. The van der Waals surface area contributed by atoms with E-state index in [1.165, 1.54) is 6.07 Å². The standard InChI is InChI=1S/C9H9BF3O3.K/c1-16-9(15)8(14)6-3-2-4-7(5-6)10(11,12)13;/h2-5,8,14H,1H3;/q-1;+1. The first-order valence-electron chi connectivity index (χ1n) is 4.42. The molecule has 0 amide bonds. The molecular formula is C9H9BF3KO3. The number of carbonyl (C=O) groups is 1. The van der Waals surface area contributed by atoms with Gasteiger partial charge in [0.25, 0.3) is 0 Å². The summed E-state index contributed by atoms with van der Waals surface area (Å²) in [5.41, 5.74) is -0.996. The van der Waals surface area contributed by atoms with Gasteiger partial charge in [0.1, 0.15) is 0 Å². The number of aliphatic hydroxyl groups excluding tert-OH is 1. The Morgan fingerprint density at radius 2 is 2.00 bits per heavy atom. The second kappa shape index (κ2) is 6.91. The van der Waals surface area contributed by atoms with Crippen molar-refractivity contribution >= 4 is 18.4 Å². The van der Waals surface area contributed by atoms with Gasteiger partial charge in [0, 0.05) is 0 Å². The van der Waals surface area contributed by atoms with Gasteiger partial charge in [-0.2, -0.15) is 0 Å². The van der Waals surface area contributed by atoms with E-state index in [1.54, 1.807) is 0 Å². The SMILES string of the molecule is COC(=O)C(O)c1cccc([B-](F)(F)F)c1.[K+]. The number of hydrogen-bond donors (Lipinski definition) is 1. The molecule has 0 saturated carbocycles. The fourth-order valence-corrected chi connectivity index (χ4v) is 1.18. The number of aliphatic hydroxyl groups is 1. The van der Waals surface area contributed by atoms with E-state index in [0.717, 1.165) is 25.3 Å². The number of halogens is 3. The Morgan fingerprint density at radius 1 is 1.41 bits per heavy atom. The second-order valence-corrected chi connectivity index (χ2v) is 3.17. The van der Waals surface area contributed by atoms with Gasteiger partial charge in [0.2, 0.25) is 0 Å². The molecule has 0 aromatic heterocycles. The first-order valence-corrected chi connectivity index (χ1v) is 4.42. The van der Waals surface area contributed by atoms with E-state index in [1.807, 2.05) is 0 Å². The number of rotatable bonds is 3. The Morgan fingerprint density at radius 3 is 2.47 bits per heavy atom. The minimum Gasteiger partial charge on any atom is -0.467 e. The predicted octanol–water partition coefficient (Wildman–Crippen LogP) is -2.05. The minimum atomic E-state index is -5.14. The van der Waals surface area contributed by atoms with Crippen molar-refractivity contribution in [3.8, 4) is 0 Å². The molecule has 17 heavy (non-hydrogen) atoms. The molecule has 0 aliphatic carbocycles. The minimum absolute atomic E-state index is 0. The van der Waals surface area contributed by atoms with Crippen LogP contribution < -0.4 is 56.8 Å². The summed E-state index contributed by atoms with van der Waals surface area (Å²) in [6, 6.07) is 3.98. The molecule has 8 heteroatoms. The van der Waals surface area contributed by atoms with Gasteiger partial charge in [-0.1, -0.05) is 24.3 Å². The zero-order valence-corrected chi connectivity index (χ0v) is 12.5. The van der Waals surface area contributed by atoms with Gasteiger partial charge in [0.05, 0.1) is 7.11 Å². The van der Waals surface area contributed by atoms with Crippen LogP contribution in [0.15, 0.2) is 24.3 Å². The average molecular weight is 272 g/mol. The molecule has 0 radical (unpaired) electrons. The van der Waals surface area contributed by atoms with E-state index in [2.05, 4.69) is 4.74 Å². The van der Waals surface area contributed by atoms with Crippen molar-refractivity contribution < 1.29 is 79.0 Å². The van der Waals surface area contributed by atoms with Crippen molar-refractivity contribution in [1.82, 2.24) is 0 Å². The van der Waals surface area contributed by atoms with Crippen LogP contribution in [0, 0.1) is 0 Å². The molecule has 1 unspecified atom stereocenters. The fraction of sp³-hybridized carbons (Fsp3) is 0.222. The molecule has 1 rings (SSSR count). The smallest absolute Gasteiger partial charge is 0.467 e. The summed E-state index contributed by atoms with van der Waals surface area (Å²) in [6.07, 6.45) is -1.69. The summed E-state index contributed by atoms with van der Waals surface area (Å²) >= 11 is 0. The monoisotopic (exact) mass is 272 g/mol. The van der Waals surface area contributed by atoms with E-state index in [4.69, 9.17) is 0 Å². The van der Waals surface area contributed by atoms with Crippen LogP contribution in [0.1, 0.15) is 11.7 Å². The number of hydrogen-bond acceptors (Lipinski definition) is 3. The van der Waals surface area contributed by atoms with Crippen LogP contribution in [0.4, 0.5) is 12.9 Å². The van der Waals surface area contributed by atoms with Crippen molar-refractivity contribution in [2.45, 2.75) is 6.10 Å². The van der Waals surface area contributed by atoms with Gasteiger partial charge in [-0.15, -0.1) is 5.46 Å². The molecular weight excluding hydrogens is 263 g/mol. The Hall–Kier alpha value is 0.141. The molecule has 0 spiro atoms. The largest absolute Gasteiger partial charge is 1.00 e. The Bertz CT molecular complexity index is 397. The molecule has 0 fully saturated rings. The summed E-state index contributed by atoms with van der Waals surface area (Å²) in [4.78, 5) is 10.9. The maximum absolute atomic E-state index is 12.4. The number of ether oxygens (including phenoxy) is 1. The van der Waals surface area contributed by atoms with Crippen molar-refractivity contribution in [2.24, 2.45) is 0 Å². The van der Waals surface area contributed by atoms with Crippen LogP contribution in [0.3, 0.4) is 0 Å². The van der Waals surface area contributed by atoms with Gasteiger partial charge in [-0.3, -0.25) is 0 Å². The van der Waals surface area contributed by atoms with Crippen LogP contribution in [0.25, 0.3) is 0 Å². The summed E-state index contributed by atoms with van der Waals surface area (Å²) in [5.74, 6) is -0.994. The Labute approximate surface area is 139 Å². The Balaban J connectivity index is 0.00000256. The summed E-state index contributed by atoms with van der Waals surface area (Å²) in [5, 5.41) is 9.34. The normalized spacial score (nSPS) is 12.5. The quantitative estimate of drug-likeness (QED) is 0.509. The van der Waals surface area contributed by atoms with Crippen molar-refractivity contribution in [3.63, 3.8) is 0 Å². The molecule has 88 valence electrons. The molecule has 0 bridgehead atoms. The molecule has 0 saturated heterocycles. The third kappa shape index (κ3) is 4.72. The van der Waals surface area contributed by atoms with E-state index >= 15 is 0 Å². The molecule has 1 N–H and O–H groups in total. The van der Waals surface area contributed by atoms with Crippen LogP contribution in [-0.2, 0) is 9.53 Å². The van der Waals surface area contributed by atoms with Crippen molar-refractivity contribution in [1.29, 1.82) is 0 Å². The molecule has 3 nitrogen and oxygen atoms in total. The van der Waals surface area contributed by atoms with Gasteiger partial charge in [0.15, 0.2) is 6.10 Å². The maximum atomic E-state index is 12.4. The van der Waals surface area contributed by atoms with Gasteiger partial charge < -0.3 is 22.8 Å². The van der Waals surface area contributed by atoms with E-state index in [9.17, 15) is 22.8 Å². The zero-order chi connectivity index (χ0) is 12.3. The van der Waals surface area contributed by atoms with Crippen molar-refractivity contribution in [2.75, 3.05) is 7.11 Å². The summed E-state index contributed by atoms with van der Waals surface area (Å²) < 4.78 is 41.4. The van der Waals surface area contributed by atoms with E-state index < -0.39 is 24.5 Å². The maximum Gasteiger partial charge on any atom is 1.00 e. The van der Waals surface area contributed by atoms with Crippen LogP contribution in [0.2, 0.25) is 0 Å². The molecule has 1 aromatic carbocycles. The summed E-state index contributed by atoms with van der Waals surface area (Å²) in [6.45, 7) is -5.14. The molecule has 0 aliphatic rings. The third-order valence-electron chi connectivity index (χ3n) is 2.03. The fourth-order valence-electron chi connectivity index (χ4n) is 1.18. The molecule has 0 aliphatic heterocycles. The molecule has 0 heterocycles. The number of methoxy groups -OCH3 is 1. The summed E-state index contributed by atoms with van der Waals surface area (Å²) in [7, 11) is 1.04.